The molecular weight excluding hydrogens is 453 g/mol. The number of anilines is 1. The van der Waals surface area contributed by atoms with Gasteiger partial charge in [0.25, 0.3) is 0 Å². The third-order valence-electron chi connectivity index (χ3n) is 2.08. The van der Waals surface area contributed by atoms with Gasteiger partial charge in [-0.05, 0) is 72.1 Å². The van der Waals surface area contributed by atoms with Crippen LogP contribution in [-0.4, -0.2) is 0 Å². The van der Waals surface area contributed by atoms with Crippen molar-refractivity contribution in [2.75, 3.05) is 5.32 Å². The first-order valence-electron chi connectivity index (χ1n) is 4.69. The normalized spacial score (nSPS) is 10.6. The number of nitrogens with one attached hydrogen (secondary N) is 1. The van der Waals surface area contributed by atoms with Crippen LogP contribution in [0.5, 0.6) is 0 Å². The summed E-state index contributed by atoms with van der Waals surface area (Å²) in [5, 5.41) is 4.07. The molecule has 1 heterocycles. The van der Waals surface area contributed by atoms with Gasteiger partial charge in [-0.2, -0.15) is 0 Å². The van der Waals surface area contributed by atoms with Crippen molar-refractivity contribution in [2.45, 2.75) is 6.54 Å². The van der Waals surface area contributed by atoms with Crippen molar-refractivity contribution in [3.05, 3.63) is 46.9 Å². The van der Waals surface area contributed by atoms with Crippen LogP contribution in [0.4, 0.5) is 5.69 Å². The van der Waals surface area contributed by atoms with Gasteiger partial charge < -0.3 is 5.32 Å². The van der Waals surface area contributed by atoms with Crippen LogP contribution in [0.25, 0.3) is 0 Å². The smallest absolute Gasteiger partial charge is 0.0843 e. The molecule has 1 nitrogen and oxygen atoms in total. The molecule has 0 saturated heterocycles. The van der Waals surface area contributed by atoms with Gasteiger partial charge in [0, 0.05) is 26.1 Å². The topological polar surface area (TPSA) is 12.0 Å². The second-order valence-corrected chi connectivity index (χ2v) is 7.89. The van der Waals surface area contributed by atoms with Crippen molar-refractivity contribution in [2.24, 2.45) is 0 Å². The maximum absolute atomic E-state index is 5.94. The maximum Gasteiger partial charge on any atom is 0.0843 e. The molecule has 0 saturated carbocycles. The molecule has 6 heteroatoms. The van der Waals surface area contributed by atoms with Crippen molar-refractivity contribution >= 4 is 76.4 Å². The molecule has 0 atom stereocenters. The molecule has 0 radical (unpaired) electrons. The summed E-state index contributed by atoms with van der Waals surface area (Å²) in [4.78, 5) is 1.26. The minimum atomic E-state index is 0.720. The van der Waals surface area contributed by atoms with Crippen LogP contribution in [0.3, 0.4) is 0 Å². The van der Waals surface area contributed by atoms with Gasteiger partial charge in [0.1, 0.15) is 0 Å². The predicted molar refractivity (Wildman–Crippen MR) is 86.2 cm³/mol. The zero-order valence-electron chi connectivity index (χ0n) is 8.44. The highest BCUT2D eigenvalue weighted by atomic mass is 79.9. The van der Waals surface area contributed by atoms with Gasteiger partial charge in [0.2, 0.25) is 0 Å². The Morgan fingerprint density at radius 1 is 1.12 bits per heavy atom. The van der Waals surface area contributed by atoms with Crippen molar-refractivity contribution in [3.63, 3.8) is 0 Å². The van der Waals surface area contributed by atoms with E-state index >= 15 is 0 Å². The van der Waals surface area contributed by atoms with Crippen molar-refractivity contribution in [1.29, 1.82) is 0 Å². The van der Waals surface area contributed by atoms with Crippen molar-refractivity contribution < 1.29 is 0 Å². The monoisotopic (exact) mass is 457 g/mol. The van der Waals surface area contributed by atoms with Gasteiger partial charge in [-0.3, -0.25) is 0 Å². The van der Waals surface area contributed by atoms with Gasteiger partial charge in [0.05, 0.1) is 8.81 Å². The minimum Gasteiger partial charge on any atom is -0.380 e. The van der Waals surface area contributed by atoms with E-state index in [1.54, 1.807) is 11.3 Å². The highest BCUT2D eigenvalue weighted by Crippen LogP contribution is 2.33. The Balaban J connectivity index is 2.04. The average molecular weight is 460 g/mol. The molecule has 0 fully saturated rings. The number of hydrogen-bond acceptors (Lipinski definition) is 2. The molecule has 0 aliphatic heterocycles. The Labute approximate surface area is 134 Å². The summed E-state index contributed by atoms with van der Waals surface area (Å²) in [5.41, 5.74) is 1.04. The lowest BCUT2D eigenvalue weighted by Gasteiger charge is -2.05. The summed E-state index contributed by atoms with van der Waals surface area (Å²) in [6, 6.07) is 7.91. The number of thiophene rings is 1. The predicted octanol–water partition coefficient (Wildman–Crippen LogP) is 6.30. The molecule has 0 spiro atoms. The number of halogens is 4. The van der Waals surface area contributed by atoms with Gasteiger partial charge in [-0.15, -0.1) is 11.3 Å². The molecule has 90 valence electrons. The fourth-order valence-electron chi connectivity index (χ4n) is 1.27. The zero-order valence-corrected chi connectivity index (χ0v) is 14.8. The molecule has 0 unspecified atom stereocenters. The van der Waals surface area contributed by atoms with E-state index in [9.17, 15) is 0 Å². The Kier molecular flexibility index (Phi) is 4.95. The van der Waals surface area contributed by atoms with Crippen molar-refractivity contribution in [3.8, 4) is 0 Å². The number of hydrogen-bond donors (Lipinski definition) is 1. The molecular formula is C11H7Br3ClNS. The summed E-state index contributed by atoms with van der Waals surface area (Å²) in [6.45, 7) is 0.795. The lowest BCUT2D eigenvalue weighted by molar-refractivity contribution is 1.19. The lowest BCUT2D eigenvalue weighted by atomic mass is 10.3. The Morgan fingerprint density at radius 2 is 1.88 bits per heavy atom. The van der Waals surface area contributed by atoms with Crippen LogP contribution in [0.15, 0.2) is 37.0 Å². The molecule has 2 rings (SSSR count). The van der Waals surface area contributed by atoms with E-state index in [1.165, 1.54) is 4.88 Å². The molecule has 17 heavy (non-hydrogen) atoms. The van der Waals surface area contributed by atoms with Crippen LogP contribution in [0, 0.1) is 0 Å². The molecule has 1 aromatic carbocycles. The van der Waals surface area contributed by atoms with Gasteiger partial charge in [0.15, 0.2) is 0 Å². The lowest BCUT2D eigenvalue weighted by Crippen LogP contribution is -1.96. The van der Waals surface area contributed by atoms with E-state index in [0.29, 0.717) is 0 Å². The SMILES string of the molecule is Clc1ccc(NCc2cc(Br)c(Br)s2)cc1Br. The summed E-state index contributed by atoms with van der Waals surface area (Å²) in [5.74, 6) is 0. The van der Waals surface area contributed by atoms with E-state index in [-0.39, 0.29) is 0 Å². The number of benzene rings is 1. The first-order valence-corrected chi connectivity index (χ1v) is 8.26. The van der Waals surface area contributed by atoms with E-state index < -0.39 is 0 Å². The maximum atomic E-state index is 5.94. The largest absolute Gasteiger partial charge is 0.380 e. The molecule has 0 aliphatic carbocycles. The van der Waals surface area contributed by atoms with Crippen LogP contribution < -0.4 is 5.32 Å². The Bertz CT molecular complexity index is 522. The molecule has 0 aliphatic rings. The fourth-order valence-corrected chi connectivity index (χ4v) is 3.89. The molecule has 2 aromatic rings. The second kappa shape index (κ2) is 6.06. The van der Waals surface area contributed by atoms with Crippen molar-refractivity contribution in [1.82, 2.24) is 0 Å². The summed E-state index contributed by atoms with van der Waals surface area (Å²) in [6.07, 6.45) is 0. The Hall–Kier alpha value is 0.450. The van der Waals surface area contributed by atoms with Gasteiger partial charge >= 0.3 is 0 Å². The van der Waals surface area contributed by atoms with Gasteiger partial charge in [-0.25, -0.2) is 0 Å². The van der Waals surface area contributed by atoms with Gasteiger partial charge in [-0.1, -0.05) is 11.6 Å². The number of rotatable bonds is 3. The Morgan fingerprint density at radius 3 is 2.47 bits per heavy atom. The second-order valence-electron chi connectivity index (χ2n) is 3.32. The third kappa shape index (κ3) is 3.70. The fraction of sp³-hybridized carbons (Fsp3) is 0.0909. The average Bonchev–Trinajstić information content (AvgIpc) is 2.60. The standard InChI is InChI=1S/C11H7Br3ClNS/c12-8-3-6(1-2-10(8)15)16-5-7-4-9(13)11(14)17-7/h1-4,16H,5H2. The highest BCUT2D eigenvalue weighted by molar-refractivity contribution is 9.13. The van der Waals surface area contributed by atoms with E-state index in [4.69, 9.17) is 11.6 Å². The quantitative estimate of drug-likeness (QED) is 0.567. The summed E-state index contributed by atoms with van der Waals surface area (Å²) < 4.78 is 3.11. The van der Waals surface area contributed by atoms with E-state index in [1.807, 2.05) is 18.2 Å². The zero-order chi connectivity index (χ0) is 12.4. The van der Waals surface area contributed by atoms with Crippen LogP contribution >= 0.6 is 70.7 Å². The van der Waals surface area contributed by atoms with Crippen LogP contribution in [-0.2, 0) is 6.54 Å². The van der Waals surface area contributed by atoms with E-state index in [2.05, 4.69) is 59.2 Å². The molecule has 0 bridgehead atoms. The van der Waals surface area contributed by atoms with Crippen LogP contribution in [0.2, 0.25) is 5.02 Å². The molecule has 1 aromatic heterocycles. The minimum absolute atomic E-state index is 0.720. The first kappa shape index (κ1) is 13.9. The summed E-state index contributed by atoms with van der Waals surface area (Å²) in [7, 11) is 0. The highest BCUT2D eigenvalue weighted by Gasteiger charge is 2.04. The van der Waals surface area contributed by atoms with E-state index in [0.717, 1.165) is 30.0 Å². The molecule has 1 N–H and O–H groups in total. The summed E-state index contributed by atoms with van der Waals surface area (Å²) >= 11 is 18.0. The third-order valence-corrected chi connectivity index (χ3v) is 6.55. The first-order chi connectivity index (χ1) is 8.06. The van der Waals surface area contributed by atoms with Crippen LogP contribution in [0.1, 0.15) is 4.88 Å². The molecule has 0 amide bonds.